The van der Waals surface area contributed by atoms with Crippen LogP contribution >= 0.6 is 0 Å². The molecule has 5 heteroatoms. The van der Waals surface area contributed by atoms with Crippen molar-refractivity contribution in [2.45, 2.75) is 27.7 Å². The van der Waals surface area contributed by atoms with E-state index in [1.165, 1.54) is 0 Å². The van der Waals surface area contributed by atoms with Gasteiger partial charge in [0, 0.05) is 47.4 Å². The van der Waals surface area contributed by atoms with Crippen molar-refractivity contribution >= 4 is 28.7 Å². The van der Waals surface area contributed by atoms with Crippen molar-refractivity contribution in [2.75, 3.05) is 31.1 Å². The Morgan fingerprint density at radius 3 is 2.29 bits per heavy atom. The fourth-order valence-corrected chi connectivity index (χ4v) is 5.44. The van der Waals surface area contributed by atoms with E-state index >= 15 is 0 Å². The first-order chi connectivity index (χ1) is 20.0. The molecule has 5 rings (SSSR count). The maximum atomic E-state index is 13.6. The lowest BCUT2D eigenvalue weighted by Crippen LogP contribution is -2.29. The third-order valence-corrected chi connectivity index (χ3v) is 7.69. The molecule has 2 aliphatic rings. The second kappa shape index (κ2) is 12.3. The Morgan fingerprint density at radius 2 is 1.61 bits per heavy atom. The molecule has 0 fully saturated rings. The number of anilines is 1. The van der Waals surface area contributed by atoms with Gasteiger partial charge in [0.2, 0.25) is 5.36 Å². The minimum absolute atomic E-state index is 0.409. The lowest BCUT2D eigenvalue weighted by Gasteiger charge is -2.22. The van der Waals surface area contributed by atoms with Crippen LogP contribution in [0.4, 0.5) is 5.69 Å². The van der Waals surface area contributed by atoms with Crippen molar-refractivity contribution in [3.8, 4) is 28.2 Å². The van der Waals surface area contributed by atoms with E-state index in [1.54, 1.807) is 18.2 Å². The molecule has 0 spiro atoms. The molecule has 41 heavy (non-hydrogen) atoms. The minimum Gasteiger partial charge on any atom is -0.456 e. The molecule has 1 aliphatic carbocycles. The van der Waals surface area contributed by atoms with Crippen LogP contribution in [0.3, 0.4) is 0 Å². The summed E-state index contributed by atoms with van der Waals surface area (Å²) < 4.78 is 14.7. The van der Waals surface area contributed by atoms with Gasteiger partial charge in [-0.15, -0.1) is 0 Å². The quantitative estimate of drug-likeness (QED) is 0.0823. The highest BCUT2D eigenvalue weighted by Crippen LogP contribution is 2.42. The normalized spacial score (nSPS) is 11.0. The number of rotatable bonds is 9. The predicted octanol–water partition coefficient (Wildman–Crippen LogP) is 7.73. The number of fused-ring (bicyclic) bond motifs is 2. The Labute approximate surface area is 242 Å². The van der Waals surface area contributed by atoms with Crippen molar-refractivity contribution in [3.63, 3.8) is 0 Å². The largest absolute Gasteiger partial charge is 0.456 e. The minimum atomic E-state index is -0.409. The maximum absolute atomic E-state index is 13.6. The van der Waals surface area contributed by atoms with Crippen LogP contribution in [0.15, 0.2) is 95.9 Å². The number of nitrogens with zero attached hydrogens (tertiary/aromatic N) is 2. The summed E-state index contributed by atoms with van der Waals surface area (Å²) in [4.78, 5) is 15.9. The zero-order valence-electron chi connectivity index (χ0n) is 24.3. The Bertz CT molecular complexity index is 1740. The van der Waals surface area contributed by atoms with Gasteiger partial charge in [-0.25, -0.2) is 9.37 Å². The molecule has 5 nitrogen and oxygen atoms in total. The van der Waals surface area contributed by atoms with Crippen LogP contribution in [0, 0.1) is 0 Å². The number of carbonyl (C=O) groups is 1. The molecule has 0 amide bonds. The fourth-order valence-electron chi connectivity index (χ4n) is 5.44. The Kier molecular flexibility index (Phi) is 8.34. The number of carbonyl (C=O) groups excluding carboxylic acids is 1. The van der Waals surface area contributed by atoms with Gasteiger partial charge in [0.15, 0.2) is 0 Å². The van der Waals surface area contributed by atoms with E-state index in [9.17, 15) is 4.79 Å². The maximum Gasteiger partial charge on any atom is 0.344 e. The van der Waals surface area contributed by atoms with Crippen LogP contribution in [0.1, 0.15) is 43.6 Å². The molecule has 0 unspecified atom stereocenters. The van der Waals surface area contributed by atoms with E-state index in [1.807, 2.05) is 36.4 Å². The molecule has 0 atom stereocenters. The van der Waals surface area contributed by atoms with Crippen molar-refractivity contribution in [1.82, 2.24) is 4.58 Å². The number of hydrogen-bond acceptors (Lipinski definition) is 4. The van der Waals surface area contributed by atoms with Gasteiger partial charge in [-0.05, 0) is 75.2 Å². The van der Waals surface area contributed by atoms with Crippen molar-refractivity contribution in [2.24, 2.45) is 0 Å². The zero-order chi connectivity index (χ0) is 28.9. The summed E-state index contributed by atoms with van der Waals surface area (Å²) in [5, 5.41) is 2.05. The van der Waals surface area contributed by atoms with Gasteiger partial charge < -0.3 is 14.1 Å². The molecule has 0 radical (unpaired) electrons. The summed E-state index contributed by atoms with van der Waals surface area (Å²) >= 11 is 0. The highest BCUT2D eigenvalue weighted by Gasteiger charge is 2.23. The molecular weight excluding hydrogens is 508 g/mol. The summed E-state index contributed by atoms with van der Waals surface area (Å²) in [5.41, 5.74) is 6.03. The van der Waals surface area contributed by atoms with Crippen LogP contribution in [-0.4, -0.2) is 32.1 Å². The lowest BCUT2D eigenvalue weighted by molar-refractivity contribution is 0.0735. The number of esters is 1. The summed E-state index contributed by atoms with van der Waals surface area (Å²) in [7, 11) is 0. The molecule has 0 aromatic heterocycles. The topological polar surface area (TPSA) is 45.7 Å². The third kappa shape index (κ3) is 5.53. The molecule has 1 aliphatic heterocycles. The molecule has 3 aromatic carbocycles. The van der Waals surface area contributed by atoms with E-state index in [0.29, 0.717) is 11.3 Å². The fraction of sp³-hybridized carbons (Fsp3) is 0.222. The predicted molar refractivity (Wildman–Crippen MR) is 170 cm³/mol. The summed E-state index contributed by atoms with van der Waals surface area (Å²) in [5.74, 6) is 0.853. The first kappa shape index (κ1) is 27.9. The molecule has 0 saturated heterocycles. The van der Waals surface area contributed by atoms with Crippen LogP contribution < -0.4 is 19.6 Å². The van der Waals surface area contributed by atoms with Gasteiger partial charge in [-0.1, -0.05) is 43.0 Å². The Balaban J connectivity index is 1.74. The zero-order valence-corrected chi connectivity index (χ0v) is 24.3. The standard InChI is InChI=1S/C36H37N2O3/c1-6-25-15-19-28(20-16-25)40-36(39)30-14-12-11-13-29(30)35-31-21-17-26(37(7-2)8-3)23-33(31)41-34-24-27(18-22-32(34)35)38(9-4)10-5/h6,11-24H,1,7-10H2,2-5H3/q+1. The van der Waals surface area contributed by atoms with Gasteiger partial charge in [0.25, 0.3) is 0 Å². The molecular formula is C36H37N2O3+. The second-order valence-electron chi connectivity index (χ2n) is 9.89. The molecule has 0 N–H and O–H groups in total. The lowest BCUT2D eigenvalue weighted by atomic mass is 9.90. The highest BCUT2D eigenvalue weighted by molar-refractivity contribution is 6.08. The van der Waals surface area contributed by atoms with E-state index in [-0.39, 0.29) is 0 Å². The Morgan fingerprint density at radius 1 is 0.878 bits per heavy atom. The number of hydrogen-bond donors (Lipinski definition) is 0. The van der Waals surface area contributed by atoms with E-state index < -0.39 is 5.97 Å². The molecule has 1 heterocycles. The van der Waals surface area contributed by atoms with Gasteiger partial charge in [0.05, 0.1) is 11.6 Å². The van der Waals surface area contributed by atoms with Gasteiger partial charge in [0.1, 0.15) is 30.2 Å². The summed E-state index contributed by atoms with van der Waals surface area (Å²) in [6.45, 7) is 16.0. The van der Waals surface area contributed by atoms with Crippen molar-refractivity contribution in [1.29, 1.82) is 0 Å². The summed E-state index contributed by atoms with van der Waals surface area (Å²) in [6, 6.07) is 27.7. The molecule has 0 bridgehead atoms. The molecule has 3 aromatic rings. The van der Waals surface area contributed by atoms with Gasteiger partial charge in [-0.3, -0.25) is 0 Å². The van der Waals surface area contributed by atoms with Gasteiger partial charge in [-0.2, -0.15) is 0 Å². The second-order valence-corrected chi connectivity index (χ2v) is 9.89. The Hall–Kier alpha value is -4.64. The molecule has 0 saturated carbocycles. The smallest absolute Gasteiger partial charge is 0.344 e. The van der Waals surface area contributed by atoms with Crippen LogP contribution in [0.2, 0.25) is 0 Å². The first-order valence-electron chi connectivity index (χ1n) is 14.4. The average Bonchev–Trinajstić information content (AvgIpc) is 3.01. The van der Waals surface area contributed by atoms with Gasteiger partial charge >= 0.3 is 5.97 Å². The highest BCUT2D eigenvalue weighted by atomic mass is 16.5. The third-order valence-electron chi connectivity index (χ3n) is 7.69. The summed E-state index contributed by atoms with van der Waals surface area (Å²) in [6.07, 6.45) is 1.76. The average molecular weight is 546 g/mol. The molecule has 208 valence electrons. The SMILES string of the molecule is C=Cc1ccc(OC(=O)c2ccccc2-c2c3ccc(=[N+](CC)CC)cc-3oc3cc(N(CC)CC)ccc23)cc1. The van der Waals surface area contributed by atoms with Crippen molar-refractivity contribution < 1.29 is 13.9 Å². The van der Waals surface area contributed by atoms with E-state index in [0.717, 1.165) is 76.2 Å². The monoisotopic (exact) mass is 545 g/mol. The van der Waals surface area contributed by atoms with E-state index in [2.05, 4.69) is 80.1 Å². The number of benzene rings is 4. The number of ether oxygens (including phenoxy) is 1. The first-order valence-corrected chi connectivity index (χ1v) is 14.4. The van der Waals surface area contributed by atoms with Crippen LogP contribution in [-0.2, 0) is 0 Å². The van der Waals surface area contributed by atoms with Crippen molar-refractivity contribution in [3.05, 3.63) is 108 Å². The van der Waals surface area contributed by atoms with Crippen LogP contribution in [0.25, 0.3) is 39.5 Å². The van der Waals surface area contributed by atoms with Crippen LogP contribution in [0.5, 0.6) is 5.75 Å². The van der Waals surface area contributed by atoms with E-state index in [4.69, 9.17) is 9.15 Å².